The van der Waals surface area contributed by atoms with E-state index in [-0.39, 0.29) is 18.4 Å². The Balaban J connectivity index is 1.90. The highest BCUT2D eigenvalue weighted by Gasteiger charge is 2.07. The lowest BCUT2D eigenvalue weighted by Gasteiger charge is -2.13. The fourth-order valence-electron chi connectivity index (χ4n) is 2.37. The first kappa shape index (κ1) is 20.3. The second-order valence-corrected chi connectivity index (χ2v) is 6.08. The number of amides is 2. The van der Waals surface area contributed by atoms with Gasteiger partial charge in [0.1, 0.15) is 5.75 Å². The van der Waals surface area contributed by atoms with Crippen LogP contribution in [-0.2, 0) is 9.59 Å². The smallest absolute Gasteiger partial charge is 0.243 e. The maximum atomic E-state index is 12.2. The van der Waals surface area contributed by atoms with E-state index < -0.39 is 0 Å². The summed E-state index contributed by atoms with van der Waals surface area (Å²) in [4.78, 5) is 23.7. The molecule has 0 radical (unpaired) electrons. The number of anilines is 3. The Kier molecular flexibility index (Phi) is 8.16. The van der Waals surface area contributed by atoms with Crippen molar-refractivity contribution in [2.75, 3.05) is 29.1 Å². The zero-order valence-corrected chi connectivity index (χ0v) is 15.9. The van der Waals surface area contributed by atoms with Gasteiger partial charge in [-0.1, -0.05) is 38.5 Å². The third-order valence-corrected chi connectivity index (χ3v) is 3.83. The van der Waals surface area contributed by atoms with Crippen LogP contribution < -0.4 is 20.7 Å². The van der Waals surface area contributed by atoms with Gasteiger partial charge in [-0.25, -0.2) is 0 Å². The molecule has 2 rings (SSSR count). The van der Waals surface area contributed by atoms with Crippen LogP contribution in [-0.4, -0.2) is 25.0 Å². The zero-order valence-electron chi connectivity index (χ0n) is 15.9. The van der Waals surface area contributed by atoms with Crippen molar-refractivity contribution in [3.8, 4) is 5.75 Å². The first-order valence-corrected chi connectivity index (χ1v) is 9.27. The van der Waals surface area contributed by atoms with Crippen molar-refractivity contribution in [1.82, 2.24) is 0 Å². The van der Waals surface area contributed by atoms with E-state index in [0.29, 0.717) is 24.4 Å². The van der Waals surface area contributed by atoms with Crippen LogP contribution in [0.5, 0.6) is 5.75 Å². The molecule has 6 nitrogen and oxygen atoms in total. The maximum Gasteiger partial charge on any atom is 0.243 e. The Morgan fingerprint density at radius 3 is 2.33 bits per heavy atom. The normalized spacial score (nSPS) is 10.1. The summed E-state index contributed by atoms with van der Waals surface area (Å²) in [7, 11) is 0. The van der Waals surface area contributed by atoms with E-state index in [1.165, 1.54) is 0 Å². The topological polar surface area (TPSA) is 79.5 Å². The van der Waals surface area contributed by atoms with E-state index in [9.17, 15) is 9.59 Å². The van der Waals surface area contributed by atoms with Crippen LogP contribution in [0.25, 0.3) is 0 Å². The highest BCUT2D eigenvalue weighted by Crippen LogP contribution is 2.24. The van der Waals surface area contributed by atoms with Crippen molar-refractivity contribution < 1.29 is 14.3 Å². The van der Waals surface area contributed by atoms with Gasteiger partial charge in [0.2, 0.25) is 11.8 Å². The number of carbonyl (C=O) groups is 2. The molecule has 0 aromatic heterocycles. The van der Waals surface area contributed by atoms with Gasteiger partial charge >= 0.3 is 0 Å². The Bertz CT molecular complexity index is 762. The van der Waals surface area contributed by atoms with E-state index in [1.807, 2.05) is 24.3 Å². The summed E-state index contributed by atoms with van der Waals surface area (Å²) in [6.07, 6.45) is 2.45. The van der Waals surface area contributed by atoms with Gasteiger partial charge in [0.15, 0.2) is 0 Å². The standard InChI is InChI=1S/C21H27N3O3/c1-3-5-13-27-19-12-7-6-11-18(19)22-15-21(26)24-17-10-8-9-16(14-17)23-20(25)4-2/h6-12,14,22H,3-5,13,15H2,1-2H3,(H,23,25)(H,24,26). The molecule has 0 unspecified atom stereocenters. The van der Waals surface area contributed by atoms with Crippen molar-refractivity contribution in [2.45, 2.75) is 33.1 Å². The van der Waals surface area contributed by atoms with Gasteiger partial charge in [0.05, 0.1) is 18.8 Å². The molecule has 0 fully saturated rings. The average Bonchev–Trinajstić information content (AvgIpc) is 2.67. The first-order valence-electron chi connectivity index (χ1n) is 9.27. The lowest BCUT2D eigenvalue weighted by Crippen LogP contribution is -2.22. The summed E-state index contributed by atoms with van der Waals surface area (Å²) in [5.41, 5.74) is 2.07. The fourth-order valence-corrected chi connectivity index (χ4v) is 2.37. The third-order valence-electron chi connectivity index (χ3n) is 3.83. The average molecular weight is 369 g/mol. The van der Waals surface area contributed by atoms with Crippen LogP contribution in [0.4, 0.5) is 17.1 Å². The van der Waals surface area contributed by atoms with Gasteiger partial charge in [-0.15, -0.1) is 0 Å². The zero-order chi connectivity index (χ0) is 19.5. The van der Waals surface area contributed by atoms with Crippen LogP contribution in [0.1, 0.15) is 33.1 Å². The highest BCUT2D eigenvalue weighted by molar-refractivity contribution is 5.95. The van der Waals surface area contributed by atoms with Crippen molar-refractivity contribution in [1.29, 1.82) is 0 Å². The second kappa shape index (κ2) is 10.9. The van der Waals surface area contributed by atoms with E-state index in [4.69, 9.17) is 4.74 Å². The van der Waals surface area contributed by atoms with E-state index in [0.717, 1.165) is 24.3 Å². The molecule has 0 atom stereocenters. The third kappa shape index (κ3) is 7.01. The molecule has 2 aromatic rings. The van der Waals surface area contributed by atoms with Gasteiger partial charge in [0, 0.05) is 17.8 Å². The molecule has 0 aliphatic rings. The van der Waals surface area contributed by atoms with Crippen molar-refractivity contribution in [2.24, 2.45) is 0 Å². The molecule has 0 heterocycles. The van der Waals surface area contributed by atoms with E-state index in [1.54, 1.807) is 31.2 Å². The van der Waals surface area contributed by atoms with Gasteiger partial charge < -0.3 is 20.7 Å². The van der Waals surface area contributed by atoms with Crippen LogP contribution >= 0.6 is 0 Å². The predicted octanol–water partition coefficient (Wildman–Crippen LogP) is 4.26. The van der Waals surface area contributed by atoms with E-state index in [2.05, 4.69) is 22.9 Å². The number of carbonyl (C=O) groups excluding carboxylic acids is 2. The summed E-state index contributed by atoms with van der Waals surface area (Å²) in [6, 6.07) is 14.6. The monoisotopic (exact) mass is 369 g/mol. The number of para-hydroxylation sites is 2. The molecule has 0 saturated heterocycles. The number of hydrogen-bond acceptors (Lipinski definition) is 4. The molecule has 0 bridgehead atoms. The minimum Gasteiger partial charge on any atom is -0.491 e. The van der Waals surface area contributed by atoms with Crippen molar-refractivity contribution in [3.63, 3.8) is 0 Å². The number of nitrogens with one attached hydrogen (secondary N) is 3. The Hall–Kier alpha value is -3.02. The second-order valence-electron chi connectivity index (χ2n) is 6.08. The summed E-state index contributed by atoms with van der Waals surface area (Å²) >= 11 is 0. The van der Waals surface area contributed by atoms with Crippen LogP contribution in [0.15, 0.2) is 48.5 Å². The molecular formula is C21H27N3O3. The lowest BCUT2D eigenvalue weighted by molar-refractivity contribution is -0.116. The van der Waals surface area contributed by atoms with Gasteiger partial charge in [0.25, 0.3) is 0 Å². The molecule has 0 spiro atoms. The number of ether oxygens (including phenoxy) is 1. The van der Waals surface area contributed by atoms with Crippen LogP contribution in [0.3, 0.4) is 0 Å². The predicted molar refractivity (Wildman–Crippen MR) is 109 cm³/mol. The lowest BCUT2D eigenvalue weighted by atomic mass is 10.2. The number of unbranched alkanes of at least 4 members (excludes halogenated alkanes) is 1. The molecule has 3 N–H and O–H groups in total. The largest absolute Gasteiger partial charge is 0.491 e. The number of hydrogen-bond donors (Lipinski definition) is 3. The van der Waals surface area contributed by atoms with Crippen LogP contribution in [0, 0.1) is 0 Å². The Labute approximate surface area is 160 Å². The molecule has 0 aliphatic heterocycles. The minimum absolute atomic E-state index is 0.0696. The highest BCUT2D eigenvalue weighted by atomic mass is 16.5. The molecule has 0 saturated carbocycles. The quantitative estimate of drug-likeness (QED) is 0.547. The molecule has 0 aliphatic carbocycles. The molecule has 144 valence electrons. The SMILES string of the molecule is CCCCOc1ccccc1NCC(=O)Nc1cccc(NC(=O)CC)c1. The van der Waals surface area contributed by atoms with Crippen molar-refractivity contribution >= 4 is 28.9 Å². The number of benzene rings is 2. The summed E-state index contributed by atoms with van der Waals surface area (Å²) in [6.45, 7) is 4.66. The summed E-state index contributed by atoms with van der Waals surface area (Å²) < 4.78 is 5.76. The fraction of sp³-hybridized carbons (Fsp3) is 0.333. The van der Waals surface area contributed by atoms with Crippen molar-refractivity contribution in [3.05, 3.63) is 48.5 Å². The Morgan fingerprint density at radius 1 is 0.926 bits per heavy atom. The van der Waals surface area contributed by atoms with Gasteiger partial charge in [-0.3, -0.25) is 9.59 Å². The number of rotatable bonds is 10. The van der Waals surface area contributed by atoms with Gasteiger partial charge in [-0.05, 0) is 36.8 Å². The minimum atomic E-state index is -0.183. The summed E-state index contributed by atoms with van der Waals surface area (Å²) in [5, 5.41) is 8.70. The summed E-state index contributed by atoms with van der Waals surface area (Å²) in [5.74, 6) is 0.486. The Morgan fingerprint density at radius 2 is 1.63 bits per heavy atom. The van der Waals surface area contributed by atoms with Gasteiger partial charge in [-0.2, -0.15) is 0 Å². The molecule has 27 heavy (non-hydrogen) atoms. The van der Waals surface area contributed by atoms with Crippen LogP contribution in [0.2, 0.25) is 0 Å². The van der Waals surface area contributed by atoms with E-state index >= 15 is 0 Å². The molecule has 6 heteroatoms. The molecule has 2 amide bonds. The molecule has 2 aromatic carbocycles. The first-order chi connectivity index (χ1) is 13.1. The molecular weight excluding hydrogens is 342 g/mol. The maximum absolute atomic E-state index is 12.2.